The lowest BCUT2D eigenvalue weighted by atomic mass is 10.1. The number of rotatable bonds is 8. The van der Waals surface area contributed by atoms with Gasteiger partial charge in [-0.15, -0.1) is 10.2 Å². The van der Waals surface area contributed by atoms with Crippen molar-refractivity contribution in [2.45, 2.75) is 25.0 Å². The number of nitrogens with zero attached hydrogens (tertiary/aromatic N) is 3. The quantitative estimate of drug-likeness (QED) is 0.367. The van der Waals surface area contributed by atoms with Crippen LogP contribution in [0.2, 0.25) is 0 Å². The first-order valence-electron chi connectivity index (χ1n) is 10.7. The molecule has 1 heterocycles. The third-order valence-corrected chi connectivity index (χ3v) is 6.21. The van der Waals surface area contributed by atoms with Crippen molar-refractivity contribution < 1.29 is 9.53 Å². The molecule has 0 bridgehead atoms. The Bertz CT molecular complexity index is 1210. The lowest BCUT2D eigenvalue weighted by molar-refractivity contribution is -0.119. The first-order valence-corrected chi connectivity index (χ1v) is 11.7. The standard InChI is InChI=1S/C26H26N4O2S/c1-18-9-13-22(14-10-18)30-25(21-11-15-23(32-3)16-12-21)28-29-26(30)33-17-24(31)27-19(2)20-7-5-4-6-8-20/h4-16,19H,17H2,1-3H3,(H,27,31). The first-order chi connectivity index (χ1) is 16.0. The van der Waals surface area contributed by atoms with E-state index in [1.807, 2.05) is 85.1 Å². The molecule has 168 valence electrons. The Kier molecular flexibility index (Phi) is 7.10. The zero-order valence-electron chi connectivity index (χ0n) is 18.9. The van der Waals surface area contributed by atoms with Crippen LogP contribution in [0.15, 0.2) is 84.0 Å². The van der Waals surface area contributed by atoms with Gasteiger partial charge in [-0.3, -0.25) is 9.36 Å². The molecule has 0 radical (unpaired) electrons. The van der Waals surface area contributed by atoms with Crippen LogP contribution in [-0.4, -0.2) is 33.5 Å². The van der Waals surface area contributed by atoms with E-state index in [0.29, 0.717) is 11.0 Å². The van der Waals surface area contributed by atoms with Crippen LogP contribution in [0.25, 0.3) is 17.1 Å². The second kappa shape index (κ2) is 10.4. The molecule has 0 aliphatic heterocycles. The molecule has 6 nitrogen and oxygen atoms in total. The van der Waals surface area contributed by atoms with Gasteiger partial charge in [-0.1, -0.05) is 59.8 Å². The van der Waals surface area contributed by atoms with Crippen molar-refractivity contribution in [3.8, 4) is 22.8 Å². The molecule has 0 saturated carbocycles. The van der Waals surface area contributed by atoms with Crippen LogP contribution in [0.4, 0.5) is 0 Å². The minimum Gasteiger partial charge on any atom is -0.497 e. The number of amides is 1. The smallest absolute Gasteiger partial charge is 0.230 e. The van der Waals surface area contributed by atoms with Crippen molar-refractivity contribution in [1.82, 2.24) is 20.1 Å². The summed E-state index contributed by atoms with van der Waals surface area (Å²) in [6, 6.07) is 25.7. The third kappa shape index (κ3) is 5.43. The summed E-state index contributed by atoms with van der Waals surface area (Å²) in [5, 5.41) is 12.6. The van der Waals surface area contributed by atoms with E-state index in [2.05, 4.69) is 27.6 Å². The number of carbonyl (C=O) groups excluding carboxylic acids is 1. The lowest BCUT2D eigenvalue weighted by Gasteiger charge is -2.14. The molecule has 0 fully saturated rings. The van der Waals surface area contributed by atoms with Crippen molar-refractivity contribution in [2.24, 2.45) is 0 Å². The third-order valence-electron chi connectivity index (χ3n) is 5.28. The fraction of sp³-hybridized carbons (Fsp3) is 0.192. The van der Waals surface area contributed by atoms with E-state index in [1.54, 1.807) is 7.11 Å². The maximum absolute atomic E-state index is 12.6. The summed E-state index contributed by atoms with van der Waals surface area (Å²) in [4.78, 5) is 12.6. The van der Waals surface area contributed by atoms with Gasteiger partial charge in [-0.05, 0) is 55.8 Å². The van der Waals surface area contributed by atoms with E-state index in [-0.39, 0.29) is 17.7 Å². The van der Waals surface area contributed by atoms with Crippen molar-refractivity contribution in [3.63, 3.8) is 0 Å². The Morgan fingerprint density at radius 2 is 1.70 bits per heavy atom. The molecule has 0 aliphatic carbocycles. The maximum atomic E-state index is 12.6. The van der Waals surface area contributed by atoms with Gasteiger partial charge in [0, 0.05) is 11.3 Å². The summed E-state index contributed by atoms with van der Waals surface area (Å²) >= 11 is 1.37. The molecule has 1 unspecified atom stereocenters. The Morgan fingerprint density at radius 1 is 1.00 bits per heavy atom. The van der Waals surface area contributed by atoms with Gasteiger partial charge in [-0.25, -0.2) is 0 Å². The van der Waals surface area contributed by atoms with Gasteiger partial charge < -0.3 is 10.1 Å². The molecule has 1 amide bonds. The molecule has 0 aliphatic rings. The molecule has 1 N–H and O–H groups in total. The number of nitrogens with one attached hydrogen (secondary N) is 1. The molecule has 0 saturated heterocycles. The highest BCUT2D eigenvalue weighted by atomic mass is 32.2. The molecule has 7 heteroatoms. The fourth-order valence-electron chi connectivity index (χ4n) is 3.46. The Balaban J connectivity index is 1.56. The molecule has 3 aromatic carbocycles. The predicted molar refractivity (Wildman–Crippen MR) is 132 cm³/mol. The molecule has 1 aromatic heterocycles. The van der Waals surface area contributed by atoms with Crippen LogP contribution >= 0.6 is 11.8 Å². The van der Waals surface area contributed by atoms with Gasteiger partial charge in [0.1, 0.15) is 5.75 Å². The average molecular weight is 459 g/mol. The number of carbonyl (C=O) groups is 1. The molecule has 33 heavy (non-hydrogen) atoms. The molecule has 4 aromatic rings. The highest BCUT2D eigenvalue weighted by molar-refractivity contribution is 7.99. The summed E-state index contributed by atoms with van der Waals surface area (Å²) in [6.07, 6.45) is 0. The number of aromatic nitrogens is 3. The zero-order chi connectivity index (χ0) is 23.2. The number of methoxy groups -OCH3 is 1. The molecule has 1 atom stereocenters. The highest BCUT2D eigenvalue weighted by Crippen LogP contribution is 2.29. The van der Waals surface area contributed by atoms with E-state index < -0.39 is 0 Å². The highest BCUT2D eigenvalue weighted by Gasteiger charge is 2.18. The molecule has 4 rings (SSSR count). The topological polar surface area (TPSA) is 69.0 Å². The normalized spacial score (nSPS) is 11.7. The molecular formula is C26H26N4O2S. The van der Waals surface area contributed by atoms with Crippen LogP contribution in [0.3, 0.4) is 0 Å². The predicted octanol–water partition coefficient (Wildman–Crippen LogP) is 5.22. The Morgan fingerprint density at radius 3 is 2.36 bits per heavy atom. The van der Waals surface area contributed by atoms with Crippen molar-refractivity contribution >= 4 is 17.7 Å². The van der Waals surface area contributed by atoms with Gasteiger partial charge >= 0.3 is 0 Å². The van der Waals surface area contributed by atoms with E-state index in [4.69, 9.17) is 4.74 Å². The second-order valence-corrected chi connectivity index (χ2v) is 8.64. The Labute approximate surface area is 198 Å². The van der Waals surface area contributed by atoms with Crippen molar-refractivity contribution in [3.05, 3.63) is 90.0 Å². The molecule has 0 spiro atoms. The number of thioether (sulfide) groups is 1. The zero-order valence-corrected chi connectivity index (χ0v) is 19.7. The van der Waals surface area contributed by atoms with E-state index >= 15 is 0 Å². The summed E-state index contributed by atoms with van der Waals surface area (Å²) < 4.78 is 7.26. The van der Waals surface area contributed by atoms with Gasteiger partial charge in [0.15, 0.2) is 11.0 Å². The average Bonchev–Trinajstić information content (AvgIpc) is 3.27. The van der Waals surface area contributed by atoms with Gasteiger partial charge in [0.2, 0.25) is 5.91 Å². The SMILES string of the molecule is COc1ccc(-c2nnc(SCC(=O)NC(C)c3ccccc3)n2-c2ccc(C)cc2)cc1. The van der Waals surface area contributed by atoms with Crippen LogP contribution in [0.1, 0.15) is 24.1 Å². The number of hydrogen-bond acceptors (Lipinski definition) is 5. The van der Waals surface area contributed by atoms with Crippen LogP contribution in [0.5, 0.6) is 5.75 Å². The van der Waals surface area contributed by atoms with Crippen molar-refractivity contribution in [2.75, 3.05) is 12.9 Å². The van der Waals surface area contributed by atoms with Crippen LogP contribution in [0, 0.1) is 6.92 Å². The van der Waals surface area contributed by atoms with Gasteiger partial charge in [-0.2, -0.15) is 0 Å². The minimum atomic E-state index is -0.0656. The number of aryl methyl sites for hydroxylation is 1. The van der Waals surface area contributed by atoms with Crippen LogP contribution in [-0.2, 0) is 4.79 Å². The summed E-state index contributed by atoms with van der Waals surface area (Å²) in [5.74, 6) is 1.67. The lowest BCUT2D eigenvalue weighted by Crippen LogP contribution is -2.28. The second-order valence-electron chi connectivity index (χ2n) is 7.69. The van der Waals surface area contributed by atoms with Gasteiger partial charge in [0.05, 0.1) is 18.9 Å². The minimum absolute atomic E-state index is 0.0548. The summed E-state index contributed by atoms with van der Waals surface area (Å²) in [7, 11) is 1.64. The Hall–Kier alpha value is -3.58. The maximum Gasteiger partial charge on any atom is 0.230 e. The summed E-state index contributed by atoms with van der Waals surface area (Å²) in [5.41, 5.74) is 4.09. The monoisotopic (exact) mass is 458 g/mol. The van der Waals surface area contributed by atoms with Crippen molar-refractivity contribution in [1.29, 1.82) is 0 Å². The first kappa shape index (κ1) is 22.6. The largest absolute Gasteiger partial charge is 0.497 e. The van der Waals surface area contributed by atoms with E-state index in [9.17, 15) is 4.79 Å². The van der Waals surface area contributed by atoms with E-state index in [1.165, 1.54) is 17.3 Å². The number of ether oxygens (including phenoxy) is 1. The number of hydrogen-bond donors (Lipinski definition) is 1. The number of benzene rings is 3. The van der Waals surface area contributed by atoms with Gasteiger partial charge in [0.25, 0.3) is 0 Å². The molecular weight excluding hydrogens is 432 g/mol. The summed E-state index contributed by atoms with van der Waals surface area (Å²) in [6.45, 7) is 4.03. The van der Waals surface area contributed by atoms with Crippen LogP contribution < -0.4 is 10.1 Å². The fourth-order valence-corrected chi connectivity index (χ4v) is 4.22. The van der Waals surface area contributed by atoms with E-state index in [0.717, 1.165) is 22.6 Å².